The molecular weight excluding hydrogens is 252 g/mol. The molecule has 0 aliphatic heterocycles. The molecule has 0 aliphatic carbocycles. The summed E-state index contributed by atoms with van der Waals surface area (Å²) in [5, 5.41) is 8.53. The molecule has 0 saturated carbocycles. The lowest BCUT2D eigenvalue weighted by atomic mass is 10.1. The third kappa shape index (κ3) is 2.26. The van der Waals surface area contributed by atoms with Crippen LogP contribution in [0.25, 0.3) is 11.4 Å². The Bertz CT molecular complexity index is 553. The Balaban J connectivity index is 2.55. The van der Waals surface area contributed by atoms with Crippen molar-refractivity contribution in [2.24, 2.45) is 0 Å². The van der Waals surface area contributed by atoms with Crippen molar-refractivity contribution in [2.45, 2.75) is 19.9 Å². The molecule has 1 heterocycles. The first-order valence-corrected chi connectivity index (χ1v) is 6.06. The molecule has 0 atom stereocenters. The van der Waals surface area contributed by atoms with E-state index in [0.29, 0.717) is 16.5 Å². The van der Waals surface area contributed by atoms with E-state index in [2.05, 4.69) is 17.1 Å². The standard InChI is InChI=1S/C12H15ClN4O/c1-3-4-17-7-15-16-12(17)8-5-9(13)10(14)6-11(8)18-2/h5-7H,3-4,14H2,1-2H3. The summed E-state index contributed by atoms with van der Waals surface area (Å²) in [5.74, 6) is 1.37. The summed E-state index contributed by atoms with van der Waals surface area (Å²) < 4.78 is 7.28. The molecule has 1 aromatic carbocycles. The Labute approximate surface area is 111 Å². The van der Waals surface area contributed by atoms with E-state index in [4.69, 9.17) is 22.1 Å². The van der Waals surface area contributed by atoms with E-state index in [9.17, 15) is 0 Å². The number of nitrogen functional groups attached to an aromatic ring is 1. The smallest absolute Gasteiger partial charge is 0.167 e. The Morgan fingerprint density at radius 1 is 1.44 bits per heavy atom. The molecule has 0 fully saturated rings. The van der Waals surface area contributed by atoms with Crippen molar-refractivity contribution in [3.63, 3.8) is 0 Å². The summed E-state index contributed by atoms with van der Waals surface area (Å²) in [7, 11) is 1.59. The maximum absolute atomic E-state index is 6.05. The van der Waals surface area contributed by atoms with Crippen LogP contribution in [0.1, 0.15) is 13.3 Å². The van der Waals surface area contributed by atoms with Crippen LogP contribution in [0.3, 0.4) is 0 Å². The fraction of sp³-hybridized carbons (Fsp3) is 0.333. The van der Waals surface area contributed by atoms with Gasteiger partial charge in [0.15, 0.2) is 5.82 Å². The lowest BCUT2D eigenvalue weighted by Crippen LogP contribution is -2.01. The Morgan fingerprint density at radius 2 is 2.22 bits per heavy atom. The number of nitrogens with zero attached hydrogens (tertiary/aromatic N) is 3. The van der Waals surface area contributed by atoms with Crippen LogP contribution in [0.2, 0.25) is 5.02 Å². The topological polar surface area (TPSA) is 66.0 Å². The average Bonchev–Trinajstić information content (AvgIpc) is 2.80. The van der Waals surface area contributed by atoms with Crippen LogP contribution < -0.4 is 10.5 Å². The molecule has 2 rings (SSSR count). The van der Waals surface area contributed by atoms with E-state index in [1.54, 1.807) is 25.6 Å². The SMILES string of the molecule is CCCn1cnnc1-c1cc(Cl)c(N)cc1OC. The second-order valence-corrected chi connectivity index (χ2v) is 4.33. The van der Waals surface area contributed by atoms with Crippen molar-refractivity contribution < 1.29 is 4.74 Å². The monoisotopic (exact) mass is 266 g/mol. The average molecular weight is 267 g/mol. The number of benzene rings is 1. The minimum Gasteiger partial charge on any atom is -0.496 e. The van der Waals surface area contributed by atoms with Gasteiger partial charge < -0.3 is 15.0 Å². The molecule has 1 aromatic heterocycles. The number of hydrogen-bond donors (Lipinski definition) is 1. The van der Waals surface area contributed by atoms with Gasteiger partial charge >= 0.3 is 0 Å². The Kier molecular flexibility index (Phi) is 3.72. The molecule has 0 saturated heterocycles. The van der Waals surface area contributed by atoms with Gasteiger partial charge in [0.25, 0.3) is 0 Å². The van der Waals surface area contributed by atoms with Crippen molar-refractivity contribution in [1.82, 2.24) is 14.8 Å². The van der Waals surface area contributed by atoms with Gasteiger partial charge in [0, 0.05) is 12.6 Å². The maximum atomic E-state index is 6.05. The van der Waals surface area contributed by atoms with Gasteiger partial charge in [0.05, 0.1) is 23.4 Å². The number of methoxy groups -OCH3 is 1. The molecule has 18 heavy (non-hydrogen) atoms. The highest BCUT2D eigenvalue weighted by atomic mass is 35.5. The molecule has 5 nitrogen and oxygen atoms in total. The number of rotatable bonds is 4. The van der Waals surface area contributed by atoms with Crippen molar-refractivity contribution in [3.8, 4) is 17.1 Å². The number of nitrogens with two attached hydrogens (primary N) is 1. The predicted molar refractivity (Wildman–Crippen MR) is 71.7 cm³/mol. The van der Waals surface area contributed by atoms with E-state index in [0.717, 1.165) is 24.4 Å². The molecule has 2 aromatic rings. The largest absolute Gasteiger partial charge is 0.496 e. The van der Waals surface area contributed by atoms with Crippen molar-refractivity contribution in [1.29, 1.82) is 0 Å². The molecule has 0 amide bonds. The summed E-state index contributed by atoms with van der Waals surface area (Å²) in [4.78, 5) is 0. The van der Waals surface area contributed by atoms with Gasteiger partial charge in [-0.2, -0.15) is 0 Å². The van der Waals surface area contributed by atoms with Gasteiger partial charge in [-0.25, -0.2) is 0 Å². The van der Waals surface area contributed by atoms with Crippen LogP contribution in [-0.4, -0.2) is 21.9 Å². The molecule has 2 N–H and O–H groups in total. The van der Waals surface area contributed by atoms with Crippen molar-refractivity contribution >= 4 is 17.3 Å². The van der Waals surface area contributed by atoms with Gasteiger partial charge in [0.2, 0.25) is 0 Å². The second kappa shape index (κ2) is 5.27. The lowest BCUT2D eigenvalue weighted by Gasteiger charge is -2.11. The van der Waals surface area contributed by atoms with E-state index in [-0.39, 0.29) is 0 Å². The predicted octanol–water partition coefficient (Wildman–Crippen LogP) is 2.60. The Morgan fingerprint density at radius 3 is 2.89 bits per heavy atom. The fourth-order valence-corrected chi connectivity index (χ4v) is 1.94. The van der Waals surface area contributed by atoms with Crippen molar-refractivity contribution in [3.05, 3.63) is 23.5 Å². The van der Waals surface area contributed by atoms with Crippen LogP contribution in [0.4, 0.5) is 5.69 Å². The van der Waals surface area contributed by atoms with Crippen molar-refractivity contribution in [2.75, 3.05) is 12.8 Å². The second-order valence-electron chi connectivity index (χ2n) is 3.92. The molecule has 0 radical (unpaired) electrons. The van der Waals surface area contributed by atoms with Crippen LogP contribution in [0.15, 0.2) is 18.5 Å². The van der Waals surface area contributed by atoms with Gasteiger partial charge in [-0.1, -0.05) is 18.5 Å². The molecule has 0 bridgehead atoms. The highest BCUT2D eigenvalue weighted by Gasteiger charge is 2.14. The normalized spacial score (nSPS) is 10.6. The van der Waals surface area contributed by atoms with E-state index < -0.39 is 0 Å². The van der Waals surface area contributed by atoms with Gasteiger partial charge in [0.1, 0.15) is 12.1 Å². The highest BCUT2D eigenvalue weighted by molar-refractivity contribution is 6.33. The Hall–Kier alpha value is -1.75. The first kappa shape index (κ1) is 12.7. The molecule has 6 heteroatoms. The molecular formula is C12H15ClN4O. The zero-order valence-electron chi connectivity index (χ0n) is 10.4. The first-order chi connectivity index (χ1) is 8.67. The molecule has 96 valence electrons. The van der Waals surface area contributed by atoms with E-state index in [1.165, 1.54) is 0 Å². The number of aryl methyl sites for hydroxylation is 1. The summed E-state index contributed by atoms with van der Waals surface area (Å²) in [6.45, 7) is 2.93. The number of halogens is 1. The lowest BCUT2D eigenvalue weighted by molar-refractivity contribution is 0.416. The third-order valence-corrected chi connectivity index (χ3v) is 2.97. The first-order valence-electron chi connectivity index (χ1n) is 5.68. The zero-order valence-corrected chi connectivity index (χ0v) is 11.1. The summed E-state index contributed by atoms with van der Waals surface area (Å²) >= 11 is 6.05. The number of hydrogen-bond acceptors (Lipinski definition) is 4. The summed E-state index contributed by atoms with van der Waals surface area (Å²) in [5.41, 5.74) is 7.04. The molecule has 0 spiro atoms. The number of ether oxygens (including phenoxy) is 1. The zero-order chi connectivity index (χ0) is 13.1. The number of aromatic nitrogens is 3. The minimum atomic E-state index is 0.483. The molecule has 0 aliphatic rings. The van der Waals surface area contributed by atoms with E-state index in [1.807, 2.05) is 4.57 Å². The maximum Gasteiger partial charge on any atom is 0.167 e. The minimum absolute atomic E-state index is 0.483. The van der Waals surface area contributed by atoms with Crippen LogP contribution in [0.5, 0.6) is 5.75 Å². The highest BCUT2D eigenvalue weighted by Crippen LogP contribution is 2.35. The summed E-state index contributed by atoms with van der Waals surface area (Å²) in [6, 6.07) is 3.45. The fourth-order valence-electron chi connectivity index (χ4n) is 1.78. The quantitative estimate of drug-likeness (QED) is 0.864. The van der Waals surface area contributed by atoms with Crippen LogP contribution in [-0.2, 0) is 6.54 Å². The van der Waals surface area contributed by atoms with Crippen LogP contribution in [0, 0.1) is 0 Å². The van der Waals surface area contributed by atoms with Gasteiger partial charge in [-0.15, -0.1) is 10.2 Å². The summed E-state index contributed by atoms with van der Waals surface area (Å²) in [6.07, 6.45) is 2.69. The third-order valence-electron chi connectivity index (χ3n) is 2.64. The number of anilines is 1. The van der Waals surface area contributed by atoms with E-state index >= 15 is 0 Å². The molecule has 0 unspecified atom stereocenters. The van der Waals surface area contributed by atoms with Gasteiger partial charge in [-0.05, 0) is 12.5 Å². The van der Waals surface area contributed by atoms with Crippen LogP contribution >= 0.6 is 11.6 Å². The van der Waals surface area contributed by atoms with Gasteiger partial charge in [-0.3, -0.25) is 0 Å².